The SMILES string of the molecule is CS(=O)(=O)CC(O)C1=CCCC1. The molecule has 0 aromatic heterocycles. The van der Waals surface area contributed by atoms with Crippen LogP contribution in [-0.4, -0.2) is 31.6 Å². The van der Waals surface area contributed by atoms with Gasteiger partial charge in [-0.15, -0.1) is 0 Å². The van der Waals surface area contributed by atoms with E-state index < -0.39 is 15.9 Å². The molecular formula is C8H14O3S. The molecule has 0 amide bonds. The van der Waals surface area contributed by atoms with Gasteiger partial charge in [-0.1, -0.05) is 6.08 Å². The van der Waals surface area contributed by atoms with E-state index in [-0.39, 0.29) is 5.75 Å². The van der Waals surface area contributed by atoms with Crippen molar-refractivity contribution in [3.05, 3.63) is 11.6 Å². The van der Waals surface area contributed by atoms with Gasteiger partial charge < -0.3 is 5.11 Å². The van der Waals surface area contributed by atoms with Crippen molar-refractivity contribution in [2.24, 2.45) is 0 Å². The van der Waals surface area contributed by atoms with Gasteiger partial charge in [0, 0.05) is 6.26 Å². The molecule has 1 aliphatic rings. The van der Waals surface area contributed by atoms with E-state index in [0.717, 1.165) is 31.1 Å². The molecule has 0 bridgehead atoms. The molecule has 1 aliphatic carbocycles. The van der Waals surface area contributed by atoms with Gasteiger partial charge in [-0.25, -0.2) is 8.42 Å². The molecule has 0 radical (unpaired) electrons. The summed E-state index contributed by atoms with van der Waals surface area (Å²) in [5.41, 5.74) is 0.889. The number of aliphatic hydroxyl groups is 1. The van der Waals surface area contributed by atoms with Gasteiger partial charge >= 0.3 is 0 Å². The van der Waals surface area contributed by atoms with E-state index in [1.807, 2.05) is 6.08 Å². The zero-order valence-corrected chi connectivity index (χ0v) is 7.97. The number of sulfone groups is 1. The Labute approximate surface area is 73.0 Å². The molecule has 0 aromatic carbocycles. The summed E-state index contributed by atoms with van der Waals surface area (Å²) in [6, 6.07) is 0. The molecule has 1 N–H and O–H groups in total. The highest BCUT2D eigenvalue weighted by atomic mass is 32.2. The first-order valence-electron chi connectivity index (χ1n) is 4.04. The van der Waals surface area contributed by atoms with E-state index in [9.17, 15) is 13.5 Å². The van der Waals surface area contributed by atoms with E-state index in [4.69, 9.17) is 0 Å². The van der Waals surface area contributed by atoms with Crippen molar-refractivity contribution in [2.75, 3.05) is 12.0 Å². The maximum Gasteiger partial charge on any atom is 0.150 e. The van der Waals surface area contributed by atoms with E-state index in [2.05, 4.69) is 0 Å². The highest BCUT2D eigenvalue weighted by molar-refractivity contribution is 7.90. The van der Waals surface area contributed by atoms with Crippen LogP contribution in [0.5, 0.6) is 0 Å². The third kappa shape index (κ3) is 2.95. The molecule has 0 saturated carbocycles. The van der Waals surface area contributed by atoms with Crippen LogP contribution >= 0.6 is 0 Å². The van der Waals surface area contributed by atoms with Gasteiger partial charge in [0.15, 0.2) is 0 Å². The lowest BCUT2D eigenvalue weighted by molar-refractivity contribution is 0.231. The monoisotopic (exact) mass is 190 g/mol. The molecule has 1 unspecified atom stereocenters. The minimum Gasteiger partial charge on any atom is -0.388 e. The van der Waals surface area contributed by atoms with Crippen molar-refractivity contribution < 1.29 is 13.5 Å². The molecule has 0 saturated heterocycles. The van der Waals surface area contributed by atoms with E-state index in [1.54, 1.807) is 0 Å². The fourth-order valence-electron chi connectivity index (χ4n) is 1.39. The van der Waals surface area contributed by atoms with Gasteiger partial charge in [0.2, 0.25) is 0 Å². The minimum absolute atomic E-state index is 0.140. The van der Waals surface area contributed by atoms with E-state index in [1.165, 1.54) is 0 Å². The zero-order valence-electron chi connectivity index (χ0n) is 7.16. The second-order valence-corrected chi connectivity index (χ2v) is 5.46. The number of hydrogen-bond acceptors (Lipinski definition) is 3. The Morgan fingerprint density at radius 2 is 2.33 bits per heavy atom. The van der Waals surface area contributed by atoms with Crippen LogP contribution in [0.1, 0.15) is 19.3 Å². The molecule has 12 heavy (non-hydrogen) atoms. The second kappa shape index (κ2) is 3.58. The Bertz CT molecular complexity index is 277. The van der Waals surface area contributed by atoms with Crippen molar-refractivity contribution in [1.82, 2.24) is 0 Å². The summed E-state index contributed by atoms with van der Waals surface area (Å²) in [5.74, 6) is -0.140. The van der Waals surface area contributed by atoms with Crippen LogP contribution in [0.15, 0.2) is 11.6 Å². The van der Waals surface area contributed by atoms with Crippen molar-refractivity contribution in [1.29, 1.82) is 0 Å². The lowest BCUT2D eigenvalue weighted by Gasteiger charge is -2.09. The lowest BCUT2D eigenvalue weighted by Crippen LogP contribution is -2.21. The quantitative estimate of drug-likeness (QED) is 0.659. The summed E-state index contributed by atoms with van der Waals surface area (Å²) in [4.78, 5) is 0. The molecule has 70 valence electrons. The van der Waals surface area contributed by atoms with Gasteiger partial charge in [-0.2, -0.15) is 0 Å². The van der Waals surface area contributed by atoms with Crippen LogP contribution in [0.25, 0.3) is 0 Å². The summed E-state index contributed by atoms with van der Waals surface area (Å²) in [7, 11) is -3.05. The zero-order chi connectivity index (χ0) is 9.19. The maximum atomic E-state index is 10.8. The largest absolute Gasteiger partial charge is 0.388 e. The first kappa shape index (κ1) is 9.74. The summed E-state index contributed by atoms with van der Waals surface area (Å²) in [6.07, 6.45) is 5.16. The van der Waals surface area contributed by atoms with Crippen LogP contribution in [0.3, 0.4) is 0 Å². The smallest absolute Gasteiger partial charge is 0.150 e. The first-order chi connectivity index (χ1) is 5.49. The topological polar surface area (TPSA) is 54.4 Å². The number of rotatable bonds is 3. The third-order valence-corrected chi connectivity index (χ3v) is 2.89. The summed E-state index contributed by atoms with van der Waals surface area (Å²) < 4.78 is 21.6. The molecule has 0 fully saturated rings. The molecule has 0 spiro atoms. The molecular weight excluding hydrogens is 176 g/mol. The van der Waals surface area contributed by atoms with Crippen LogP contribution < -0.4 is 0 Å². The van der Waals surface area contributed by atoms with Gasteiger partial charge in [-0.05, 0) is 24.8 Å². The van der Waals surface area contributed by atoms with Gasteiger partial charge in [-0.3, -0.25) is 0 Å². The lowest BCUT2D eigenvalue weighted by atomic mass is 10.1. The van der Waals surface area contributed by atoms with E-state index in [0.29, 0.717) is 0 Å². The fraction of sp³-hybridized carbons (Fsp3) is 0.750. The normalized spacial score (nSPS) is 20.7. The van der Waals surface area contributed by atoms with Gasteiger partial charge in [0.25, 0.3) is 0 Å². The number of allylic oxidation sites excluding steroid dienone is 1. The Hall–Kier alpha value is -0.350. The number of hydrogen-bond donors (Lipinski definition) is 1. The Balaban J connectivity index is 2.54. The maximum absolute atomic E-state index is 10.8. The van der Waals surface area contributed by atoms with Crippen LogP contribution in [-0.2, 0) is 9.84 Å². The third-order valence-electron chi connectivity index (χ3n) is 1.96. The Morgan fingerprint density at radius 1 is 1.67 bits per heavy atom. The molecule has 4 heteroatoms. The van der Waals surface area contributed by atoms with Crippen molar-refractivity contribution in [3.63, 3.8) is 0 Å². The van der Waals surface area contributed by atoms with Crippen LogP contribution in [0.2, 0.25) is 0 Å². The first-order valence-corrected chi connectivity index (χ1v) is 6.10. The van der Waals surface area contributed by atoms with E-state index >= 15 is 0 Å². The average molecular weight is 190 g/mol. The summed E-state index contributed by atoms with van der Waals surface area (Å²) in [6.45, 7) is 0. The van der Waals surface area contributed by atoms with Gasteiger partial charge in [0.05, 0.1) is 11.9 Å². The predicted octanol–water partition coefficient (Wildman–Crippen LogP) is 0.502. The van der Waals surface area contributed by atoms with Gasteiger partial charge in [0.1, 0.15) is 9.84 Å². The summed E-state index contributed by atoms with van der Waals surface area (Å²) in [5, 5.41) is 9.44. The van der Waals surface area contributed by atoms with Crippen molar-refractivity contribution in [3.8, 4) is 0 Å². The molecule has 0 aliphatic heterocycles. The minimum atomic E-state index is -3.05. The summed E-state index contributed by atoms with van der Waals surface area (Å²) >= 11 is 0. The highest BCUT2D eigenvalue weighted by Gasteiger charge is 2.18. The Kier molecular flexibility index (Phi) is 2.90. The highest BCUT2D eigenvalue weighted by Crippen LogP contribution is 2.21. The number of aliphatic hydroxyl groups excluding tert-OH is 1. The Morgan fingerprint density at radius 3 is 2.75 bits per heavy atom. The second-order valence-electron chi connectivity index (χ2n) is 3.28. The van der Waals surface area contributed by atoms with Crippen molar-refractivity contribution in [2.45, 2.75) is 25.4 Å². The fourth-order valence-corrected chi connectivity index (χ4v) is 2.18. The van der Waals surface area contributed by atoms with Crippen LogP contribution in [0, 0.1) is 0 Å². The molecule has 1 rings (SSSR count). The van der Waals surface area contributed by atoms with Crippen LogP contribution in [0.4, 0.5) is 0 Å². The molecule has 0 heterocycles. The standard InChI is InChI=1S/C8H14O3S/c1-12(10,11)6-8(9)7-4-2-3-5-7/h4,8-9H,2-3,5-6H2,1H3. The predicted molar refractivity (Wildman–Crippen MR) is 47.7 cm³/mol. The molecule has 0 aromatic rings. The molecule has 1 atom stereocenters. The van der Waals surface area contributed by atoms with Crippen molar-refractivity contribution >= 4 is 9.84 Å². The molecule has 3 nitrogen and oxygen atoms in total. The average Bonchev–Trinajstić information content (AvgIpc) is 2.32.